The molecule has 0 radical (unpaired) electrons. The van der Waals surface area contributed by atoms with Gasteiger partial charge in [-0.1, -0.05) is 68.4 Å². The number of amides is 1. The fourth-order valence-corrected chi connectivity index (χ4v) is 2.53. The van der Waals surface area contributed by atoms with Gasteiger partial charge < -0.3 is 10.1 Å². The number of rotatable bonds is 16. The van der Waals surface area contributed by atoms with Crippen molar-refractivity contribution in [2.75, 3.05) is 6.61 Å². The van der Waals surface area contributed by atoms with E-state index in [-0.39, 0.29) is 6.09 Å². The lowest BCUT2D eigenvalue weighted by Gasteiger charge is -2.04. The number of ether oxygens (including phenoxy) is 1. The topological polar surface area (TPSA) is 38.3 Å². The number of nitrogens with one attached hydrogen (secondary N) is 1. The van der Waals surface area contributed by atoms with Crippen LogP contribution in [0.3, 0.4) is 0 Å². The van der Waals surface area contributed by atoms with Crippen LogP contribution in [0.4, 0.5) is 4.79 Å². The zero-order valence-electron chi connectivity index (χ0n) is 17.2. The van der Waals surface area contributed by atoms with Crippen LogP contribution in [0.15, 0.2) is 48.6 Å². The van der Waals surface area contributed by atoms with Gasteiger partial charge in [0, 0.05) is 6.04 Å². The molecule has 1 N–H and O–H groups in total. The van der Waals surface area contributed by atoms with Crippen molar-refractivity contribution >= 4 is 6.09 Å². The predicted octanol–water partition coefficient (Wildman–Crippen LogP) is 7.02. The van der Waals surface area contributed by atoms with Gasteiger partial charge in [-0.3, -0.25) is 0 Å². The molecule has 1 aliphatic carbocycles. The maximum absolute atomic E-state index is 11.3. The van der Waals surface area contributed by atoms with E-state index in [9.17, 15) is 4.79 Å². The Kier molecular flexibility index (Phi) is 15.2. The van der Waals surface area contributed by atoms with Crippen LogP contribution in [0.2, 0.25) is 0 Å². The number of carbonyl (C=O) groups is 1. The predicted molar refractivity (Wildman–Crippen MR) is 116 cm³/mol. The average Bonchev–Trinajstić information content (AvgIpc) is 3.47. The minimum absolute atomic E-state index is 0.254. The van der Waals surface area contributed by atoms with E-state index in [0.717, 1.165) is 51.4 Å². The van der Waals surface area contributed by atoms with E-state index in [0.29, 0.717) is 12.6 Å². The van der Waals surface area contributed by atoms with Crippen molar-refractivity contribution in [1.82, 2.24) is 5.32 Å². The molecular weight excluding hydrogens is 334 g/mol. The molecule has 0 atom stereocenters. The first-order chi connectivity index (χ1) is 13.3. The second-order valence-corrected chi connectivity index (χ2v) is 7.14. The summed E-state index contributed by atoms with van der Waals surface area (Å²) in [7, 11) is 0. The normalized spacial score (nSPS) is 14.9. The summed E-state index contributed by atoms with van der Waals surface area (Å²) in [5.74, 6) is 0. The summed E-state index contributed by atoms with van der Waals surface area (Å²) in [6, 6.07) is 0.376. The zero-order chi connectivity index (χ0) is 19.4. The van der Waals surface area contributed by atoms with Crippen molar-refractivity contribution in [3.63, 3.8) is 0 Å². The third kappa shape index (κ3) is 17.4. The zero-order valence-corrected chi connectivity index (χ0v) is 17.2. The molecular formula is C24H39NO2. The van der Waals surface area contributed by atoms with Gasteiger partial charge in [0.15, 0.2) is 0 Å². The lowest BCUT2D eigenvalue weighted by molar-refractivity contribution is 0.143. The van der Waals surface area contributed by atoms with Crippen LogP contribution in [0.5, 0.6) is 0 Å². The van der Waals surface area contributed by atoms with Gasteiger partial charge in [-0.25, -0.2) is 4.79 Å². The Labute approximate surface area is 166 Å². The molecule has 3 heteroatoms. The van der Waals surface area contributed by atoms with Gasteiger partial charge in [0.05, 0.1) is 6.61 Å². The standard InChI is InChI=1S/C24H39NO2/c1-2-3-4-5-6-7-8-9-10-11-12-13-14-15-16-17-18-19-22-27-24(26)25-23-20-21-23/h6-7,9-10,12-13,15-16,23H,2-5,8,11,14,17-22H2,1H3,(H,25,26)/b7-6-,10-9-,13-12-,16-15-. The largest absolute Gasteiger partial charge is 0.450 e. The van der Waals surface area contributed by atoms with Gasteiger partial charge in [0.25, 0.3) is 0 Å². The molecule has 0 aromatic heterocycles. The fraction of sp³-hybridized carbons (Fsp3) is 0.625. The van der Waals surface area contributed by atoms with Crippen LogP contribution < -0.4 is 5.32 Å². The quantitative estimate of drug-likeness (QED) is 0.233. The molecule has 3 nitrogen and oxygen atoms in total. The number of hydrogen-bond donors (Lipinski definition) is 1. The summed E-state index contributed by atoms with van der Waals surface area (Å²) >= 11 is 0. The molecule has 0 heterocycles. The van der Waals surface area contributed by atoms with Gasteiger partial charge in [0.2, 0.25) is 0 Å². The first-order valence-electron chi connectivity index (χ1n) is 10.9. The fourth-order valence-electron chi connectivity index (χ4n) is 2.53. The second kappa shape index (κ2) is 17.6. The Bertz CT molecular complexity index is 473. The molecule has 0 aromatic rings. The lowest BCUT2D eigenvalue weighted by atomic mass is 10.2. The van der Waals surface area contributed by atoms with Crippen LogP contribution in [0.1, 0.15) is 84.0 Å². The van der Waals surface area contributed by atoms with Crippen molar-refractivity contribution < 1.29 is 9.53 Å². The number of alkyl carbamates (subject to hydrolysis) is 1. The minimum atomic E-state index is -0.254. The van der Waals surface area contributed by atoms with Crippen molar-refractivity contribution in [2.24, 2.45) is 0 Å². The number of carbonyl (C=O) groups excluding carboxylic acids is 1. The van der Waals surface area contributed by atoms with Crippen LogP contribution in [0, 0.1) is 0 Å². The Balaban J connectivity index is 1.83. The van der Waals surface area contributed by atoms with Crippen LogP contribution in [0.25, 0.3) is 0 Å². The van der Waals surface area contributed by atoms with E-state index < -0.39 is 0 Å². The second-order valence-electron chi connectivity index (χ2n) is 7.14. The Morgan fingerprint density at radius 2 is 1.33 bits per heavy atom. The first kappa shape index (κ1) is 23.3. The van der Waals surface area contributed by atoms with Gasteiger partial charge in [-0.15, -0.1) is 0 Å². The van der Waals surface area contributed by atoms with Gasteiger partial charge >= 0.3 is 6.09 Å². The minimum Gasteiger partial charge on any atom is -0.450 e. The first-order valence-corrected chi connectivity index (χ1v) is 10.9. The van der Waals surface area contributed by atoms with E-state index in [1.807, 2.05) is 0 Å². The molecule has 1 fully saturated rings. The Morgan fingerprint density at radius 1 is 0.815 bits per heavy atom. The molecule has 1 rings (SSSR count). The number of hydrogen-bond acceptors (Lipinski definition) is 2. The Morgan fingerprint density at radius 3 is 1.85 bits per heavy atom. The third-order valence-corrected chi connectivity index (χ3v) is 4.36. The maximum atomic E-state index is 11.3. The highest BCUT2D eigenvalue weighted by molar-refractivity contribution is 5.67. The molecule has 1 amide bonds. The van der Waals surface area contributed by atoms with Crippen molar-refractivity contribution in [2.45, 2.75) is 90.0 Å². The molecule has 0 bridgehead atoms. The van der Waals surface area contributed by atoms with E-state index in [2.05, 4.69) is 60.8 Å². The number of allylic oxidation sites excluding steroid dienone is 8. The lowest BCUT2D eigenvalue weighted by Crippen LogP contribution is -2.26. The smallest absolute Gasteiger partial charge is 0.407 e. The van der Waals surface area contributed by atoms with Crippen LogP contribution in [-0.4, -0.2) is 18.7 Å². The van der Waals surface area contributed by atoms with E-state index >= 15 is 0 Å². The average molecular weight is 374 g/mol. The molecule has 1 aliphatic rings. The monoisotopic (exact) mass is 373 g/mol. The summed E-state index contributed by atoms with van der Waals surface area (Å²) in [5.41, 5.74) is 0. The van der Waals surface area contributed by atoms with Crippen molar-refractivity contribution in [1.29, 1.82) is 0 Å². The van der Waals surface area contributed by atoms with Gasteiger partial charge in [-0.05, 0) is 64.2 Å². The van der Waals surface area contributed by atoms with Crippen LogP contribution in [-0.2, 0) is 4.74 Å². The highest BCUT2D eigenvalue weighted by Crippen LogP contribution is 2.18. The molecule has 0 unspecified atom stereocenters. The third-order valence-electron chi connectivity index (χ3n) is 4.36. The van der Waals surface area contributed by atoms with Gasteiger partial charge in [0.1, 0.15) is 0 Å². The van der Waals surface area contributed by atoms with Crippen molar-refractivity contribution in [3.05, 3.63) is 48.6 Å². The molecule has 0 saturated heterocycles. The van der Waals surface area contributed by atoms with E-state index in [4.69, 9.17) is 4.74 Å². The summed E-state index contributed by atoms with van der Waals surface area (Å²) in [6.45, 7) is 2.76. The van der Waals surface area contributed by atoms with Crippen molar-refractivity contribution in [3.8, 4) is 0 Å². The summed E-state index contributed by atoms with van der Waals surface area (Å²) in [6.07, 6.45) is 31.1. The maximum Gasteiger partial charge on any atom is 0.407 e. The molecule has 0 spiro atoms. The van der Waals surface area contributed by atoms with Crippen LogP contribution >= 0.6 is 0 Å². The highest BCUT2D eigenvalue weighted by atomic mass is 16.5. The number of unbranched alkanes of at least 4 members (excludes halogenated alkanes) is 5. The summed E-state index contributed by atoms with van der Waals surface area (Å²) < 4.78 is 5.13. The summed E-state index contributed by atoms with van der Waals surface area (Å²) in [5, 5.41) is 2.82. The summed E-state index contributed by atoms with van der Waals surface area (Å²) in [4.78, 5) is 11.3. The van der Waals surface area contributed by atoms with Gasteiger partial charge in [-0.2, -0.15) is 0 Å². The molecule has 1 saturated carbocycles. The molecule has 27 heavy (non-hydrogen) atoms. The molecule has 0 aromatic carbocycles. The van der Waals surface area contributed by atoms with E-state index in [1.165, 1.54) is 25.7 Å². The molecule has 152 valence electrons. The Hall–Kier alpha value is -1.77. The van der Waals surface area contributed by atoms with E-state index in [1.54, 1.807) is 0 Å². The highest BCUT2D eigenvalue weighted by Gasteiger charge is 2.23. The SMILES string of the molecule is CCCCC/C=C\C/C=C\C/C=C\C/C=C\CCCCOC(=O)NC1CC1. The molecule has 0 aliphatic heterocycles.